The van der Waals surface area contributed by atoms with Crippen LogP contribution in [0.5, 0.6) is 0 Å². The summed E-state index contributed by atoms with van der Waals surface area (Å²) in [4.78, 5) is 30.6. The highest BCUT2D eigenvalue weighted by atomic mass is 16.2. The minimum atomic E-state index is -0.366. The third-order valence-electron chi connectivity index (χ3n) is 4.46. The summed E-state index contributed by atoms with van der Waals surface area (Å²) in [5.41, 5.74) is 0.989. The highest BCUT2D eigenvalue weighted by molar-refractivity contribution is 5.90. The molecule has 1 fully saturated rings. The molecule has 0 unspecified atom stereocenters. The molecule has 6 heteroatoms. The van der Waals surface area contributed by atoms with E-state index in [1.54, 1.807) is 18.1 Å². The zero-order valence-corrected chi connectivity index (χ0v) is 14.2. The number of carbonyl (C=O) groups is 2. The maximum Gasteiger partial charge on any atom is 0.226 e. The molecule has 0 bridgehead atoms. The molecule has 1 aromatic heterocycles. The van der Waals surface area contributed by atoms with Crippen molar-refractivity contribution in [3.05, 3.63) is 60.3 Å². The van der Waals surface area contributed by atoms with Crippen molar-refractivity contribution in [2.24, 2.45) is 5.92 Å². The third kappa shape index (κ3) is 3.96. The van der Waals surface area contributed by atoms with E-state index in [9.17, 15) is 9.59 Å². The largest absolute Gasteiger partial charge is 0.368 e. The quantitative estimate of drug-likeness (QED) is 0.788. The molecular weight excluding hydrogens is 316 g/mol. The Hall–Kier alpha value is -2.89. The molecule has 1 aromatic carbocycles. The van der Waals surface area contributed by atoms with Crippen LogP contribution in [0.2, 0.25) is 0 Å². The van der Waals surface area contributed by atoms with Gasteiger partial charge in [-0.15, -0.1) is 0 Å². The minimum absolute atomic E-state index is 0.000568. The van der Waals surface area contributed by atoms with Gasteiger partial charge in [-0.05, 0) is 17.7 Å². The Morgan fingerprint density at radius 3 is 2.64 bits per heavy atom. The number of nitrogens with one attached hydrogen (secondary N) is 2. The summed E-state index contributed by atoms with van der Waals surface area (Å²) in [5.74, 6) is 0.319. The number of anilines is 1. The Kier molecular flexibility index (Phi) is 5.28. The van der Waals surface area contributed by atoms with E-state index in [0.717, 1.165) is 11.4 Å². The average molecular weight is 338 g/mol. The molecule has 2 heterocycles. The van der Waals surface area contributed by atoms with Crippen molar-refractivity contribution in [2.75, 3.05) is 25.5 Å². The van der Waals surface area contributed by atoms with E-state index in [0.29, 0.717) is 13.1 Å². The van der Waals surface area contributed by atoms with Crippen LogP contribution in [0.3, 0.4) is 0 Å². The molecule has 1 saturated heterocycles. The van der Waals surface area contributed by atoms with Crippen LogP contribution >= 0.6 is 0 Å². The first-order valence-electron chi connectivity index (χ1n) is 8.40. The van der Waals surface area contributed by atoms with Crippen LogP contribution in [0, 0.1) is 5.92 Å². The van der Waals surface area contributed by atoms with Gasteiger partial charge in [0.1, 0.15) is 5.82 Å². The molecule has 1 aliphatic heterocycles. The monoisotopic (exact) mass is 338 g/mol. The fourth-order valence-electron chi connectivity index (χ4n) is 3.19. The second kappa shape index (κ2) is 7.79. The summed E-state index contributed by atoms with van der Waals surface area (Å²) in [6.45, 7) is 1.06. The van der Waals surface area contributed by atoms with Gasteiger partial charge in [-0.3, -0.25) is 9.59 Å². The number of likely N-dealkylation sites (tertiary alicyclic amines) is 1. The topological polar surface area (TPSA) is 74.3 Å². The average Bonchev–Trinajstić information content (AvgIpc) is 2.95. The van der Waals surface area contributed by atoms with Gasteiger partial charge >= 0.3 is 0 Å². The number of amides is 2. The van der Waals surface area contributed by atoms with Crippen LogP contribution in [0.25, 0.3) is 0 Å². The summed E-state index contributed by atoms with van der Waals surface area (Å²) in [5, 5.41) is 6.08. The van der Waals surface area contributed by atoms with Crippen molar-refractivity contribution in [3.8, 4) is 0 Å². The molecule has 2 atom stereocenters. The first kappa shape index (κ1) is 17.0. The first-order chi connectivity index (χ1) is 12.2. The van der Waals surface area contributed by atoms with Crippen molar-refractivity contribution in [1.82, 2.24) is 15.2 Å². The zero-order chi connectivity index (χ0) is 17.6. The smallest absolute Gasteiger partial charge is 0.226 e. The van der Waals surface area contributed by atoms with Crippen molar-refractivity contribution < 1.29 is 9.59 Å². The Balaban J connectivity index is 1.57. The SMILES string of the molecule is CN1C(=O)C[C@H](C(=O)NCCNc2ccccn2)[C@H]1c1ccccc1. The predicted molar refractivity (Wildman–Crippen MR) is 95.8 cm³/mol. The standard InChI is InChI=1S/C19H22N4O2/c1-23-17(24)13-15(18(23)14-7-3-2-4-8-14)19(25)22-12-11-21-16-9-5-6-10-20-16/h2-10,15,18H,11-13H2,1H3,(H,20,21)(H,22,25)/t15-,18+/m0/s1. The van der Waals surface area contributed by atoms with Gasteiger partial charge in [-0.2, -0.15) is 0 Å². The maximum atomic E-state index is 12.6. The fraction of sp³-hybridized carbons (Fsp3) is 0.316. The first-order valence-corrected chi connectivity index (χ1v) is 8.40. The summed E-state index contributed by atoms with van der Waals surface area (Å²) in [6.07, 6.45) is 1.96. The van der Waals surface area contributed by atoms with E-state index in [-0.39, 0.29) is 30.2 Å². The normalized spacial score (nSPS) is 19.7. The number of carbonyl (C=O) groups excluding carboxylic acids is 2. The van der Waals surface area contributed by atoms with Crippen molar-refractivity contribution >= 4 is 17.6 Å². The third-order valence-corrected chi connectivity index (χ3v) is 4.46. The van der Waals surface area contributed by atoms with Crippen molar-refractivity contribution in [1.29, 1.82) is 0 Å². The molecule has 2 amide bonds. The predicted octanol–water partition coefficient (Wildman–Crippen LogP) is 1.83. The van der Waals surface area contributed by atoms with Crippen LogP contribution in [-0.2, 0) is 9.59 Å². The van der Waals surface area contributed by atoms with E-state index in [2.05, 4.69) is 15.6 Å². The van der Waals surface area contributed by atoms with Crippen molar-refractivity contribution in [2.45, 2.75) is 12.5 Å². The van der Waals surface area contributed by atoms with Gasteiger partial charge in [0.05, 0.1) is 12.0 Å². The van der Waals surface area contributed by atoms with Crippen LogP contribution in [0.1, 0.15) is 18.0 Å². The van der Waals surface area contributed by atoms with Gasteiger partial charge < -0.3 is 15.5 Å². The number of rotatable bonds is 6. The summed E-state index contributed by atoms with van der Waals surface area (Å²) in [7, 11) is 1.76. The lowest BCUT2D eigenvalue weighted by molar-refractivity contribution is -0.128. The van der Waals surface area contributed by atoms with Crippen LogP contribution < -0.4 is 10.6 Å². The van der Waals surface area contributed by atoms with Gasteiger partial charge in [0.25, 0.3) is 0 Å². The second-order valence-electron chi connectivity index (χ2n) is 6.10. The lowest BCUT2D eigenvalue weighted by atomic mass is 9.93. The number of aromatic nitrogens is 1. The molecule has 1 aliphatic rings. The van der Waals surface area contributed by atoms with E-state index in [1.165, 1.54) is 0 Å². The van der Waals surface area contributed by atoms with Gasteiger partial charge in [-0.1, -0.05) is 36.4 Å². The second-order valence-corrected chi connectivity index (χ2v) is 6.10. The van der Waals surface area contributed by atoms with Gasteiger partial charge in [-0.25, -0.2) is 4.98 Å². The number of benzene rings is 1. The molecule has 0 aliphatic carbocycles. The number of hydrogen-bond acceptors (Lipinski definition) is 4. The van der Waals surface area contributed by atoms with E-state index in [1.807, 2.05) is 48.5 Å². The van der Waals surface area contributed by atoms with Gasteiger partial charge in [0, 0.05) is 32.8 Å². The Labute approximate surface area is 147 Å². The van der Waals surface area contributed by atoms with Crippen LogP contribution in [0.4, 0.5) is 5.82 Å². The minimum Gasteiger partial charge on any atom is -0.368 e. The van der Waals surface area contributed by atoms with Crippen LogP contribution in [-0.4, -0.2) is 41.8 Å². The molecule has 2 aromatic rings. The zero-order valence-electron chi connectivity index (χ0n) is 14.2. The van der Waals surface area contributed by atoms with Crippen molar-refractivity contribution in [3.63, 3.8) is 0 Å². The number of nitrogens with zero attached hydrogens (tertiary/aromatic N) is 2. The lowest BCUT2D eigenvalue weighted by Crippen LogP contribution is -2.36. The summed E-state index contributed by atoms with van der Waals surface area (Å²) < 4.78 is 0. The highest BCUT2D eigenvalue weighted by Gasteiger charge is 2.42. The van der Waals surface area contributed by atoms with E-state index < -0.39 is 0 Å². The molecule has 0 saturated carbocycles. The molecule has 0 radical (unpaired) electrons. The molecular formula is C19H22N4O2. The van der Waals surface area contributed by atoms with Gasteiger partial charge in [0.15, 0.2) is 0 Å². The molecule has 130 valence electrons. The number of hydrogen-bond donors (Lipinski definition) is 2. The fourth-order valence-corrected chi connectivity index (χ4v) is 3.19. The molecule has 3 rings (SSSR count). The Morgan fingerprint density at radius 1 is 1.16 bits per heavy atom. The van der Waals surface area contributed by atoms with E-state index in [4.69, 9.17) is 0 Å². The summed E-state index contributed by atoms with van der Waals surface area (Å²) in [6, 6.07) is 15.1. The Morgan fingerprint density at radius 2 is 1.92 bits per heavy atom. The lowest BCUT2D eigenvalue weighted by Gasteiger charge is -2.25. The summed E-state index contributed by atoms with van der Waals surface area (Å²) >= 11 is 0. The molecule has 0 spiro atoms. The number of pyridine rings is 1. The van der Waals surface area contributed by atoms with Crippen LogP contribution in [0.15, 0.2) is 54.7 Å². The molecule has 6 nitrogen and oxygen atoms in total. The van der Waals surface area contributed by atoms with Gasteiger partial charge in [0.2, 0.25) is 11.8 Å². The molecule has 2 N–H and O–H groups in total. The highest BCUT2D eigenvalue weighted by Crippen LogP contribution is 2.36. The maximum absolute atomic E-state index is 12.6. The molecule has 25 heavy (non-hydrogen) atoms. The van der Waals surface area contributed by atoms with E-state index >= 15 is 0 Å². The Bertz CT molecular complexity index is 721.